The summed E-state index contributed by atoms with van der Waals surface area (Å²) >= 11 is 0. The molecule has 20 heavy (non-hydrogen) atoms. The maximum absolute atomic E-state index is 12.3. The molecule has 1 fully saturated rings. The lowest BCUT2D eigenvalue weighted by Gasteiger charge is -2.34. The van der Waals surface area contributed by atoms with Gasteiger partial charge in [-0.15, -0.1) is 0 Å². The summed E-state index contributed by atoms with van der Waals surface area (Å²) in [6, 6.07) is -0.381. The van der Waals surface area contributed by atoms with E-state index in [1.54, 1.807) is 11.2 Å². The van der Waals surface area contributed by atoms with E-state index in [2.05, 4.69) is 19.2 Å². The number of hydrogen-bond acceptors (Lipinski definition) is 3. The van der Waals surface area contributed by atoms with E-state index < -0.39 is 10.8 Å². The topological polar surface area (TPSA) is 66.5 Å². The van der Waals surface area contributed by atoms with E-state index in [1.165, 1.54) is 0 Å². The highest BCUT2D eigenvalue weighted by Crippen LogP contribution is 2.19. The van der Waals surface area contributed by atoms with Crippen LogP contribution in [0.4, 0.5) is 0 Å². The Bertz CT molecular complexity index is 371. The van der Waals surface area contributed by atoms with Crippen molar-refractivity contribution in [3.63, 3.8) is 0 Å². The van der Waals surface area contributed by atoms with E-state index in [0.717, 1.165) is 12.8 Å². The fraction of sp³-hybridized carbons (Fsp3) is 0.857. The molecule has 1 saturated heterocycles. The molecule has 0 aromatic heterocycles. The maximum Gasteiger partial charge on any atom is 0.242 e. The number of rotatable bonds is 7. The summed E-state index contributed by atoms with van der Waals surface area (Å²) in [6.07, 6.45) is 4.71. The normalized spacial score (nSPS) is 19.0. The Morgan fingerprint density at radius 3 is 2.65 bits per heavy atom. The minimum atomic E-state index is -0.913. The zero-order valence-corrected chi connectivity index (χ0v) is 13.5. The van der Waals surface area contributed by atoms with Crippen LogP contribution in [-0.4, -0.2) is 52.1 Å². The van der Waals surface area contributed by atoms with Gasteiger partial charge in [-0.3, -0.25) is 13.8 Å². The second-order valence-corrected chi connectivity index (χ2v) is 7.31. The van der Waals surface area contributed by atoms with Crippen LogP contribution in [0.5, 0.6) is 0 Å². The summed E-state index contributed by atoms with van der Waals surface area (Å²) in [5.41, 5.74) is 0. The molecule has 1 aliphatic rings. The Balaban J connectivity index is 2.64. The zero-order chi connectivity index (χ0) is 15.1. The van der Waals surface area contributed by atoms with Crippen molar-refractivity contribution >= 4 is 22.6 Å². The van der Waals surface area contributed by atoms with Crippen molar-refractivity contribution in [2.75, 3.05) is 25.1 Å². The Labute approximate surface area is 123 Å². The molecule has 0 radical (unpaired) electrons. The average Bonchev–Trinajstić information content (AvgIpc) is 2.36. The fourth-order valence-electron chi connectivity index (χ4n) is 2.41. The molecular weight excluding hydrogens is 276 g/mol. The molecule has 5 nitrogen and oxygen atoms in total. The Morgan fingerprint density at radius 2 is 2.10 bits per heavy atom. The van der Waals surface area contributed by atoms with Gasteiger partial charge in [-0.05, 0) is 25.2 Å². The van der Waals surface area contributed by atoms with Crippen molar-refractivity contribution in [3.8, 4) is 0 Å². The zero-order valence-electron chi connectivity index (χ0n) is 12.7. The van der Waals surface area contributed by atoms with E-state index >= 15 is 0 Å². The highest BCUT2D eigenvalue weighted by molar-refractivity contribution is 7.84. The highest BCUT2D eigenvalue weighted by Gasteiger charge is 2.31. The van der Waals surface area contributed by atoms with Crippen LogP contribution in [0.25, 0.3) is 0 Å². The predicted octanol–water partition coefficient (Wildman–Crippen LogP) is 0.908. The number of hydrogen-bond donors (Lipinski definition) is 1. The lowest BCUT2D eigenvalue weighted by molar-refractivity contribution is -0.143. The van der Waals surface area contributed by atoms with Crippen LogP contribution in [0.2, 0.25) is 0 Å². The van der Waals surface area contributed by atoms with Gasteiger partial charge in [0.15, 0.2) is 0 Å². The first-order valence-corrected chi connectivity index (χ1v) is 9.01. The molecule has 0 unspecified atom stereocenters. The minimum absolute atomic E-state index is 0.0797. The highest BCUT2D eigenvalue weighted by atomic mass is 32.2. The van der Waals surface area contributed by atoms with Crippen molar-refractivity contribution in [2.45, 2.75) is 45.6 Å². The third-order valence-electron chi connectivity index (χ3n) is 3.42. The third-order valence-corrected chi connectivity index (χ3v) is 4.20. The summed E-state index contributed by atoms with van der Waals surface area (Å²) in [5.74, 6) is 0.768. The van der Waals surface area contributed by atoms with Gasteiger partial charge in [0.1, 0.15) is 6.04 Å². The average molecular weight is 302 g/mol. The summed E-state index contributed by atoms with van der Waals surface area (Å²) in [7, 11) is -0.913. The first-order chi connectivity index (χ1) is 9.41. The lowest BCUT2D eigenvalue weighted by atomic mass is 9.98. The van der Waals surface area contributed by atoms with Crippen molar-refractivity contribution < 1.29 is 13.8 Å². The van der Waals surface area contributed by atoms with Gasteiger partial charge in [-0.2, -0.15) is 0 Å². The smallest absolute Gasteiger partial charge is 0.242 e. The molecule has 0 aliphatic carbocycles. The van der Waals surface area contributed by atoms with Gasteiger partial charge in [0.25, 0.3) is 0 Å². The maximum atomic E-state index is 12.3. The number of carbonyl (C=O) groups excluding carboxylic acids is 2. The summed E-state index contributed by atoms with van der Waals surface area (Å²) < 4.78 is 11.0. The SMILES string of the molecule is CC(C)C[C@H](C(=O)NCC[S@](C)=O)N1CCCCC1=O. The van der Waals surface area contributed by atoms with Crippen molar-refractivity contribution in [2.24, 2.45) is 5.92 Å². The molecule has 1 heterocycles. The standard InChI is InChI=1S/C14H26N2O3S/c1-11(2)10-12(14(18)15-7-9-20(3)19)16-8-5-4-6-13(16)17/h11-12H,4-10H2,1-3H3,(H,15,18)/t12-,20+/m1/s1. The van der Waals surface area contributed by atoms with Gasteiger partial charge in [0.2, 0.25) is 11.8 Å². The Kier molecular flexibility index (Phi) is 7.19. The number of likely N-dealkylation sites (tertiary alicyclic amines) is 1. The molecule has 6 heteroatoms. The van der Waals surface area contributed by atoms with Gasteiger partial charge < -0.3 is 10.2 Å². The van der Waals surface area contributed by atoms with E-state index in [9.17, 15) is 13.8 Å². The van der Waals surface area contributed by atoms with Gasteiger partial charge in [-0.25, -0.2) is 0 Å². The lowest BCUT2D eigenvalue weighted by Crippen LogP contribution is -2.52. The molecule has 0 spiro atoms. The molecule has 0 saturated carbocycles. The predicted molar refractivity (Wildman–Crippen MR) is 80.8 cm³/mol. The summed E-state index contributed by atoms with van der Waals surface area (Å²) in [6.45, 7) is 5.17. The first kappa shape index (κ1) is 17.1. The molecule has 1 rings (SSSR count). The minimum Gasteiger partial charge on any atom is -0.353 e. The van der Waals surface area contributed by atoms with E-state index in [1.807, 2.05) is 0 Å². The Morgan fingerprint density at radius 1 is 1.40 bits per heavy atom. The molecule has 1 N–H and O–H groups in total. The molecular formula is C14H26N2O3S. The quantitative estimate of drug-likeness (QED) is 0.760. The van der Waals surface area contributed by atoms with E-state index in [-0.39, 0.29) is 17.9 Å². The molecule has 116 valence electrons. The number of nitrogens with one attached hydrogen (secondary N) is 1. The van der Waals surface area contributed by atoms with Crippen LogP contribution < -0.4 is 5.32 Å². The van der Waals surface area contributed by atoms with Gasteiger partial charge >= 0.3 is 0 Å². The van der Waals surface area contributed by atoms with Crippen molar-refractivity contribution in [3.05, 3.63) is 0 Å². The van der Waals surface area contributed by atoms with Crippen molar-refractivity contribution in [1.82, 2.24) is 10.2 Å². The summed E-state index contributed by atoms with van der Waals surface area (Å²) in [4.78, 5) is 26.0. The molecule has 2 amide bonds. The number of amides is 2. The second-order valence-electron chi connectivity index (χ2n) is 5.76. The first-order valence-electron chi connectivity index (χ1n) is 7.29. The van der Waals surface area contributed by atoms with Crippen molar-refractivity contribution in [1.29, 1.82) is 0 Å². The monoisotopic (exact) mass is 302 g/mol. The van der Waals surface area contributed by atoms with Gasteiger partial charge in [-0.1, -0.05) is 13.8 Å². The third kappa shape index (κ3) is 5.61. The molecule has 1 aliphatic heterocycles. The van der Waals surface area contributed by atoms with Crippen LogP contribution in [0.15, 0.2) is 0 Å². The number of piperidine rings is 1. The molecule has 0 bridgehead atoms. The van der Waals surface area contributed by atoms with Crippen LogP contribution in [0, 0.1) is 5.92 Å². The summed E-state index contributed by atoms with van der Waals surface area (Å²) in [5, 5.41) is 2.81. The van der Waals surface area contributed by atoms with E-state index in [4.69, 9.17) is 0 Å². The van der Waals surface area contributed by atoms with Crippen LogP contribution >= 0.6 is 0 Å². The largest absolute Gasteiger partial charge is 0.353 e. The van der Waals surface area contributed by atoms with Crippen LogP contribution in [0.3, 0.4) is 0 Å². The molecule has 2 atom stereocenters. The Hall–Kier alpha value is -0.910. The van der Waals surface area contributed by atoms with Gasteiger partial charge in [0, 0.05) is 42.3 Å². The second kappa shape index (κ2) is 8.39. The molecule has 0 aromatic rings. The number of nitrogens with zero attached hydrogens (tertiary/aromatic N) is 1. The van der Waals surface area contributed by atoms with Crippen LogP contribution in [-0.2, 0) is 20.4 Å². The molecule has 0 aromatic carbocycles. The van der Waals surface area contributed by atoms with Crippen LogP contribution in [0.1, 0.15) is 39.5 Å². The van der Waals surface area contributed by atoms with E-state index in [0.29, 0.717) is 37.6 Å². The fourth-order valence-corrected chi connectivity index (χ4v) is 2.80. The number of carbonyl (C=O) groups is 2. The van der Waals surface area contributed by atoms with Gasteiger partial charge in [0.05, 0.1) is 0 Å².